The summed E-state index contributed by atoms with van der Waals surface area (Å²) in [5.74, 6) is -0.285. The molecular weight excluding hydrogens is 467 g/mol. The van der Waals surface area contributed by atoms with Crippen molar-refractivity contribution in [2.45, 2.75) is 44.7 Å². The molecular formula is C25H29FN6O2S. The molecule has 0 amide bonds. The smallest absolute Gasteiger partial charge is 0.246 e. The maximum Gasteiger partial charge on any atom is 0.246 e. The normalized spacial score (nSPS) is 17.4. The van der Waals surface area contributed by atoms with Crippen LogP contribution >= 0.6 is 0 Å². The molecule has 5 rings (SSSR count). The highest BCUT2D eigenvalue weighted by Crippen LogP contribution is 2.29. The zero-order valence-corrected chi connectivity index (χ0v) is 20.9. The van der Waals surface area contributed by atoms with Crippen molar-refractivity contribution in [3.63, 3.8) is 0 Å². The van der Waals surface area contributed by atoms with Crippen LogP contribution in [0.2, 0.25) is 0 Å². The number of benzene rings is 2. The lowest BCUT2D eigenvalue weighted by molar-refractivity contribution is 0.306. The predicted molar refractivity (Wildman–Crippen MR) is 134 cm³/mol. The Hall–Kier alpha value is -3.24. The van der Waals surface area contributed by atoms with Gasteiger partial charge in [-0.25, -0.2) is 17.5 Å². The van der Waals surface area contributed by atoms with Crippen LogP contribution in [0.15, 0.2) is 59.8 Å². The number of nitrogens with zero attached hydrogens (tertiary/aromatic N) is 6. The Bertz CT molecular complexity index is 1460. The Labute approximate surface area is 204 Å². The number of halogens is 1. The molecule has 0 saturated carbocycles. The van der Waals surface area contributed by atoms with Gasteiger partial charge in [-0.05, 0) is 62.7 Å². The molecule has 4 aromatic rings. The van der Waals surface area contributed by atoms with E-state index in [2.05, 4.69) is 21.2 Å². The first-order valence-electron chi connectivity index (χ1n) is 11.8. The highest BCUT2D eigenvalue weighted by atomic mass is 32.2. The lowest BCUT2D eigenvalue weighted by atomic mass is 10.1. The van der Waals surface area contributed by atoms with E-state index in [9.17, 15) is 12.8 Å². The molecule has 1 fully saturated rings. The molecule has 0 N–H and O–H groups in total. The highest BCUT2D eigenvalue weighted by molar-refractivity contribution is 7.89. The van der Waals surface area contributed by atoms with Gasteiger partial charge in [0.05, 0.1) is 29.3 Å². The fourth-order valence-corrected chi connectivity index (χ4v) is 6.56. The van der Waals surface area contributed by atoms with Crippen molar-refractivity contribution >= 4 is 26.6 Å². The molecule has 3 heterocycles. The SMILES string of the molecule is CCCn1ncc(S(=O)(=O)N2CCN(c3ccc4c(cnn4-c4ccc(F)cc4)c3)C[C@H]2C)c1C. The summed E-state index contributed by atoms with van der Waals surface area (Å²) in [5, 5.41) is 9.73. The van der Waals surface area contributed by atoms with E-state index in [0.717, 1.165) is 28.7 Å². The molecule has 1 aliphatic rings. The van der Waals surface area contributed by atoms with Crippen molar-refractivity contribution in [2.75, 3.05) is 24.5 Å². The van der Waals surface area contributed by atoms with Gasteiger partial charge in [0.25, 0.3) is 0 Å². The van der Waals surface area contributed by atoms with Crippen molar-refractivity contribution in [3.05, 3.63) is 66.4 Å². The number of sulfonamides is 1. The lowest BCUT2D eigenvalue weighted by Gasteiger charge is -2.40. The number of piperazine rings is 1. The van der Waals surface area contributed by atoms with Gasteiger partial charge in [0.1, 0.15) is 10.7 Å². The maximum atomic E-state index is 13.4. The van der Waals surface area contributed by atoms with E-state index in [1.165, 1.54) is 18.3 Å². The first-order chi connectivity index (χ1) is 16.8. The number of hydrogen-bond acceptors (Lipinski definition) is 5. The summed E-state index contributed by atoms with van der Waals surface area (Å²) in [4.78, 5) is 2.50. The van der Waals surface area contributed by atoms with Crippen molar-refractivity contribution in [3.8, 4) is 5.69 Å². The van der Waals surface area contributed by atoms with Crippen LogP contribution in [0.4, 0.5) is 10.1 Å². The number of rotatable bonds is 6. The highest BCUT2D eigenvalue weighted by Gasteiger charge is 2.35. The van der Waals surface area contributed by atoms with Gasteiger partial charge in [0, 0.05) is 43.3 Å². The standard InChI is InChI=1S/C25H29FN6O2S/c1-4-11-30-19(3)25(16-27-30)35(33,34)31-13-12-29(17-18(31)2)23-9-10-24-20(14-23)15-28-32(24)22-7-5-21(26)6-8-22/h5-10,14-16,18H,4,11-13,17H2,1-3H3/t18-/m1/s1. The Morgan fingerprint density at radius 1 is 1.03 bits per heavy atom. The zero-order chi connectivity index (χ0) is 24.7. The predicted octanol–water partition coefficient (Wildman–Crippen LogP) is 3.98. The molecule has 0 unspecified atom stereocenters. The minimum Gasteiger partial charge on any atom is -0.369 e. The molecule has 1 saturated heterocycles. The number of hydrogen-bond donors (Lipinski definition) is 0. The van der Waals surface area contributed by atoms with Crippen LogP contribution in [-0.4, -0.2) is 58.0 Å². The third kappa shape index (κ3) is 4.21. The molecule has 1 atom stereocenters. The first kappa shape index (κ1) is 23.5. The summed E-state index contributed by atoms with van der Waals surface area (Å²) in [6.45, 7) is 8.07. The summed E-state index contributed by atoms with van der Waals surface area (Å²) >= 11 is 0. The zero-order valence-electron chi connectivity index (χ0n) is 20.1. The van der Waals surface area contributed by atoms with E-state index < -0.39 is 10.0 Å². The van der Waals surface area contributed by atoms with Crippen LogP contribution < -0.4 is 4.90 Å². The molecule has 1 aliphatic heterocycles. The van der Waals surface area contributed by atoms with Crippen molar-refractivity contribution in [2.24, 2.45) is 0 Å². The second kappa shape index (κ2) is 9.09. The van der Waals surface area contributed by atoms with Crippen molar-refractivity contribution < 1.29 is 12.8 Å². The van der Waals surface area contributed by atoms with Crippen LogP contribution in [0.3, 0.4) is 0 Å². The van der Waals surface area contributed by atoms with Gasteiger partial charge in [0.2, 0.25) is 10.0 Å². The molecule has 0 spiro atoms. The Morgan fingerprint density at radius 3 is 2.49 bits per heavy atom. The van der Waals surface area contributed by atoms with E-state index in [0.29, 0.717) is 36.8 Å². The fourth-order valence-electron chi connectivity index (χ4n) is 4.78. The van der Waals surface area contributed by atoms with E-state index in [1.807, 2.05) is 32.9 Å². The Kier molecular flexibility index (Phi) is 6.10. The number of fused-ring (bicyclic) bond motifs is 1. The Morgan fingerprint density at radius 2 is 1.77 bits per heavy atom. The molecule has 0 radical (unpaired) electrons. The molecule has 184 valence electrons. The lowest BCUT2D eigenvalue weighted by Crippen LogP contribution is -2.54. The van der Waals surface area contributed by atoms with Gasteiger partial charge in [-0.15, -0.1) is 0 Å². The summed E-state index contributed by atoms with van der Waals surface area (Å²) in [6, 6.07) is 12.1. The van der Waals surface area contributed by atoms with Gasteiger partial charge in [-0.2, -0.15) is 14.5 Å². The van der Waals surface area contributed by atoms with Gasteiger partial charge in [-0.3, -0.25) is 4.68 Å². The van der Waals surface area contributed by atoms with Crippen LogP contribution in [0.25, 0.3) is 16.6 Å². The molecule has 8 nitrogen and oxygen atoms in total. The van der Waals surface area contributed by atoms with Gasteiger partial charge >= 0.3 is 0 Å². The van der Waals surface area contributed by atoms with E-state index in [1.54, 1.807) is 32.0 Å². The Balaban J connectivity index is 1.35. The monoisotopic (exact) mass is 496 g/mol. The van der Waals surface area contributed by atoms with E-state index in [-0.39, 0.29) is 11.9 Å². The summed E-state index contributed by atoms with van der Waals surface area (Å²) < 4.78 is 45.3. The van der Waals surface area contributed by atoms with Crippen LogP contribution in [0, 0.1) is 12.7 Å². The average Bonchev–Trinajstić information content (AvgIpc) is 3.43. The third-order valence-electron chi connectivity index (χ3n) is 6.63. The molecule has 0 bridgehead atoms. The second-order valence-corrected chi connectivity index (χ2v) is 10.9. The number of aromatic nitrogens is 4. The number of anilines is 1. The van der Waals surface area contributed by atoms with Gasteiger partial charge < -0.3 is 4.90 Å². The average molecular weight is 497 g/mol. The molecule has 2 aromatic heterocycles. The topological polar surface area (TPSA) is 76.3 Å². The molecule has 35 heavy (non-hydrogen) atoms. The van der Waals surface area contributed by atoms with Crippen LogP contribution in [-0.2, 0) is 16.6 Å². The van der Waals surface area contributed by atoms with E-state index >= 15 is 0 Å². The molecule has 10 heteroatoms. The first-order valence-corrected chi connectivity index (χ1v) is 13.3. The minimum absolute atomic E-state index is 0.194. The van der Waals surface area contributed by atoms with Crippen LogP contribution in [0.1, 0.15) is 26.0 Å². The van der Waals surface area contributed by atoms with Crippen molar-refractivity contribution in [1.82, 2.24) is 23.9 Å². The van der Waals surface area contributed by atoms with Gasteiger partial charge in [-0.1, -0.05) is 6.92 Å². The minimum atomic E-state index is -3.63. The largest absolute Gasteiger partial charge is 0.369 e. The second-order valence-electron chi connectivity index (χ2n) is 9.00. The van der Waals surface area contributed by atoms with Crippen molar-refractivity contribution in [1.29, 1.82) is 0 Å². The molecule has 0 aliphatic carbocycles. The van der Waals surface area contributed by atoms with Crippen LogP contribution in [0.5, 0.6) is 0 Å². The summed E-state index contributed by atoms with van der Waals surface area (Å²) in [6.07, 6.45) is 4.17. The maximum absolute atomic E-state index is 13.4. The summed E-state index contributed by atoms with van der Waals surface area (Å²) in [5.41, 5.74) is 3.42. The fraction of sp³-hybridized carbons (Fsp3) is 0.360. The van der Waals surface area contributed by atoms with Gasteiger partial charge in [0.15, 0.2) is 0 Å². The summed E-state index contributed by atoms with van der Waals surface area (Å²) in [7, 11) is -3.63. The third-order valence-corrected chi connectivity index (χ3v) is 8.75. The number of aryl methyl sites for hydroxylation is 1. The quantitative estimate of drug-likeness (QED) is 0.404. The van der Waals surface area contributed by atoms with E-state index in [4.69, 9.17) is 0 Å². The molecule has 2 aromatic carbocycles.